The Balaban J connectivity index is 1.87. The van der Waals surface area contributed by atoms with E-state index < -0.39 is 0 Å². The van der Waals surface area contributed by atoms with Crippen molar-refractivity contribution in [2.45, 2.75) is 51.1 Å². The van der Waals surface area contributed by atoms with Crippen LogP contribution in [0.15, 0.2) is 24.3 Å². The first-order chi connectivity index (χ1) is 8.40. The normalized spacial score (nSPS) is 17.7. The zero-order valence-corrected chi connectivity index (χ0v) is 10.8. The van der Waals surface area contributed by atoms with E-state index in [9.17, 15) is 0 Å². The van der Waals surface area contributed by atoms with E-state index in [1.165, 1.54) is 44.1 Å². The van der Waals surface area contributed by atoms with Gasteiger partial charge in [-0.15, -0.1) is 0 Å². The summed E-state index contributed by atoms with van der Waals surface area (Å²) >= 11 is 0. The molecule has 0 aliphatic heterocycles. The van der Waals surface area contributed by atoms with Crippen LogP contribution in [0.25, 0.3) is 0 Å². The molecule has 94 valence electrons. The van der Waals surface area contributed by atoms with Crippen molar-refractivity contribution >= 4 is 0 Å². The molecular weight excluding hydrogens is 210 g/mol. The lowest BCUT2D eigenvalue weighted by Gasteiger charge is -2.14. The molecule has 0 aromatic heterocycles. The first-order valence-electron chi connectivity index (χ1n) is 6.85. The van der Waals surface area contributed by atoms with Gasteiger partial charge in [0.1, 0.15) is 12.3 Å². The second-order valence-electron chi connectivity index (χ2n) is 5.00. The molecule has 2 N–H and O–H groups in total. The van der Waals surface area contributed by atoms with Gasteiger partial charge in [-0.05, 0) is 37.8 Å². The van der Waals surface area contributed by atoms with E-state index in [0.29, 0.717) is 0 Å². The Morgan fingerprint density at radius 3 is 2.53 bits per heavy atom. The van der Waals surface area contributed by atoms with Crippen molar-refractivity contribution in [2.75, 3.05) is 7.11 Å². The third-order valence-corrected chi connectivity index (χ3v) is 3.76. The molecule has 2 rings (SSSR count). The molecule has 0 atom stereocenters. The molecule has 2 nitrogen and oxygen atoms in total. The minimum Gasteiger partial charge on any atom is -0.496 e. The van der Waals surface area contributed by atoms with Crippen LogP contribution in [0.5, 0.6) is 5.75 Å². The summed E-state index contributed by atoms with van der Waals surface area (Å²) in [5.74, 6) is 1.03. The highest BCUT2D eigenvalue weighted by Crippen LogP contribution is 2.17. The van der Waals surface area contributed by atoms with Crippen LogP contribution in [0.3, 0.4) is 0 Å². The zero-order chi connectivity index (χ0) is 11.9. The van der Waals surface area contributed by atoms with E-state index in [4.69, 9.17) is 4.74 Å². The molecule has 0 unspecified atom stereocenters. The second-order valence-corrected chi connectivity index (χ2v) is 5.00. The van der Waals surface area contributed by atoms with Crippen LogP contribution in [-0.2, 0) is 6.54 Å². The Labute approximate surface area is 104 Å². The Morgan fingerprint density at radius 1 is 1.12 bits per heavy atom. The number of ether oxygens (including phenoxy) is 1. The Morgan fingerprint density at radius 2 is 1.82 bits per heavy atom. The topological polar surface area (TPSA) is 25.8 Å². The number of benzene rings is 1. The van der Waals surface area contributed by atoms with E-state index >= 15 is 0 Å². The van der Waals surface area contributed by atoms with Crippen molar-refractivity contribution in [3.8, 4) is 5.75 Å². The summed E-state index contributed by atoms with van der Waals surface area (Å²) in [6, 6.07) is 9.18. The van der Waals surface area contributed by atoms with Gasteiger partial charge in [0.05, 0.1) is 13.2 Å². The van der Waals surface area contributed by atoms with E-state index in [-0.39, 0.29) is 0 Å². The summed E-state index contributed by atoms with van der Waals surface area (Å²) in [5, 5.41) is 2.50. The summed E-state index contributed by atoms with van der Waals surface area (Å²) in [6.45, 7) is 1.05. The Hall–Kier alpha value is -1.02. The van der Waals surface area contributed by atoms with Gasteiger partial charge in [0.15, 0.2) is 0 Å². The predicted molar refractivity (Wildman–Crippen MR) is 70.1 cm³/mol. The van der Waals surface area contributed by atoms with E-state index in [1.807, 2.05) is 6.07 Å². The van der Waals surface area contributed by atoms with Crippen molar-refractivity contribution in [3.63, 3.8) is 0 Å². The van der Waals surface area contributed by atoms with Gasteiger partial charge < -0.3 is 10.1 Å². The molecule has 0 bridgehead atoms. The maximum absolute atomic E-state index is 5.39. The fourth-order valence-electron chi connectivity index (χ4n) is 2.71. The molecule has 0 radical (unpaired) electrons. The van der Waals surface area contributed by atoms with Gasteiger partial charge in [-0.2, -0.15) is 0 Å². The smallest absolute Gasteiger partial charge is 0.127 e. The van der Waals surface area contributed by atoms with Crippen molar-refractivity contribution in [2.24, 2.45) is 0 Å². The molecule has 1 fully saturated rings. The summed E-state index contributed by atoms with van der Waals surface area (Å²) in [6.07, 6.45) is 8.45. The molecule has 1 aliphatic carbocycles. The van der Waals surface area contributed by atoms with Crippen molar-refractivity contribution in [1.29, 1.82) is 0 Å². The number of nitrogens with two attached hydrogens (primary N) is 1. The quantitative estimate of drug-likeness (QED) is 0.796. The third kappa shape index (κ3) is 3.74. The monoisotopic (exact) mass is 234 g/mol. The molecule has 0 heterocycles. The van der Waals surface area contributed by atoms with Crippen molar-refractivity contribution in [1.82, 2.24) is 0 Å². The predicted octanol–water partition coefficient (Wildman–Crippen LogP) is 2.48. The maximum atomic E-state index is 5.39. The summed E-state index contributed by atoms with van der Waals surface area (Å²) < 4.78 is 5.39. The van der Waals surface area contributed by atoms with Gasteiger partial charge in [0, 0.05) is 5.56 Å². The standard InChI is InChI=1S/C15H23NO/c1-17-15-11-7-6-8-13(15)12-16-14-9-4-2-3-5-10-14/h6-8,11,14,16H,2-5,9-10,12H2,1H3/p+1. The van der Waals surface area contributed by atoms with Gasteiger partial charge in [-0.1, -0.05) is 25.0 Å². The largest absolute Gasteiger partial charge is 0.496 e. The fourth-order valence-corrected chi connectivity index (χ4v) is 2.71. The van der Waals surface area contributed by atoms with Crippen LogP contribution in [0.2, 0.25) is 0 Å². The van der Waals surface area contributed by atoms with Gasteiger partial charge >= 0.3 is 0 Å². The van der Waals surface area contributed by atoms with Crippen molar-refractivity contribution in [3.05, 3.63) is 29.8 Å². The molecule has 1 saturated carbocycles. The molecule has 2 heteroatoms. The van der Waals surface area contributed by atoms with Crippen LogP contribution >= 0.6 is 0 Å². The minimum absolute atomic E-state index is 0.822. The first-order valence-corrected chi connectivity index (χ1v) is 6.85. The highest BCUT2D eigenvalue weighted by Gasteiger charge is 2.15. The highest BCUT2D eigenvalue weighted by atomic mass is 16.5. The fraction of sp³-hybridized carbons (Fsp3) is 0.600. The number of para-hydroxylation sites is 1. The number of rotatable bonds is 4. The molecule has 0 amide bonds. The van der Waals surface area contributed by atoms with Gasteiger partial charge in [-0.3, -0.25) is 0 Å². The number of methoxy groups -OCH3 is 1. The summed E-state index contributed by atoms with van der Waals surface area (Å²) in [4.78, 5) is 0. The van der Waals surface area contributed by atoms with E-state index in [0.717, 1.165) is 18.3 Å². The average molecular weight is 234 g/mol. The summed E-state index contributed by atoms with van der Waals surface area (Å²) in [5.41, 5.74) is 1.32. The molecule has 0 spiro atoms. The average Bonchev–Trinajstić information content (AvgIpc) is 2.65. The second kappa shape index (κ2) is 6.65. The van der Waals surface area contributed by atoms with Gasteiger partial charge in [-0.25, -0.2) is 0 Å². The summed E-state index contributed by atoms with van der Waals surface area (Å²) in [7, 11) is 1.75. The van der Waals surface area contributed by atoms with Crippen LogP contribution in [0.1, 0.15) is 44.1 Å². The van der Waals surface area contributed by atoms with Gasteiger partial charge in [0.2, 0.25) is 0 Å². The third-order valence-electron chi connectivity index (χ3n) is 3.76. The number of hydrogen-bond donors (Lipinski definition) is 1. The molecule has 1 aliphatic rings. The zero-order valence-electron chi connectivity index (χ0n) is 10.8. The lowest BCUT2D eigenvalue weighted by molar-refractivity contribution is -0.705. The number of hydrogen-bond acceptors (Lipinski definition) is 1. The van der Waals surface area contributed by atoms with Crippen LogP contribution < -0.4 is 10.1 Å². The van der Waals surface area contributed by atoms with Crippen LogP contribution in [0, 0.1) is 0 Å². The van der Waals surface area contributed by atoms with Gasteiger partial charge in [0.25, 0.3) is 0 Å². The molecular formula is C15H24NO+. The van der Waals surface area contributed by atoms with E-state index in [1.54, 1.807) is 7.11 Å². The minimum atomic E-state index is 0.822. The SMILES string of the molecule is COc1ccccc1C[NH2+]C1CCCCCC1. The Kier molecular flexibility index (Phi) is 4.87. The molecule has 1 aromatic carbocycles. The van der Waals surface area contributed by atoms with Crippen LogP contribution in [-0.4, -0.2) is 13.2 Å². The first kappa shape index (κ1) is 12.4. The molecule has 17 heavy (non-hydrogen) atoms. The van der Waals surface area contributed by atoms with E-state index in [2.05, 4.69) is 23.5 Å². The lowest BCUT2D eigenvalue weighted by Crippen LogP contribution is -2.88. The van der Waals surface area contributed by atoms with Crippen LogP contribution in [0.4, 0.5) is 0 Å². The lowest BCUT2D eigenvalue weighted by atomic mass is 10.1. The molecule has 1 aromatic rings. The Bertz CT molecular complexity index is 329. The highest BCUT2D eigenvalue weighted by molar-refractivity contribution is 5.32. The number of quaternary nitrogens is 1. The molecule has 0 saturated heterocycles. The van der Waals surface area contributed by atoms with Crippen molar-refractivity contribution < 1.29 is 10.1 Å². The maximum Gasteiger partial charge on any atom is 0.127 e.